The van der Waals surface area contributed by atoms with Crippen molar-refractivity contribution in [2.75, 3.05) is 24.7 Å². The molecule has 0 fully saturated rings. The average Bonchev–Trinajstić information content (AvgIpc) is 3.14. The molecule has 0 saturated heterocycles. The minimum atomic E-state index is -4.89. The number of aliphatic hydroxyl groups excluding tert-OH is 1. The molecule has 6 nitrogen and oxygen atoms in total. The Kier molecular flexibility index (Phi) is 5.94. The molecule has 1 aliphatic heterocycles. The van der Waals surface area contributed by atoms with E-state index in [0.29, 0.717) is 23.3 Å². The zero-order valence-corrected chi connectivity index (χ0v) is 18.1. The van der Waals surface area contributed by atoms with Gasteiger partial charge in [0.1, 0.15) is 12.1 Å². The molecule has 0 spiro atoms. The van der Waals surface area contributed by atoms with Crippen molar-refractivity contribution in [1.82, 2.24) is 9.97 Å². The van der Waals surface area contributed by atoms with Crippen molar-refractivity contribution in [3.05, 3.63) is 46.2 Å². The van der Waals surface area contributed by atoms with Crippen molar-refractivity contribution in [2.24, 2.45) is 0 Å². The Bertz CT molecular complexity index is 1120. The van der Waals surface area contributed by atoms with Crippen LogP contribution in [0.4, 0.5) is 24.7 Å². The van der Waals surface area contributed by atoms with Crippen LogP contribution in [0.3, 0.4) is 0 Å². The van der Waals surface area contributed by atoms with E-state index in [1.165, 1.54) is 18.5 Å². The summed E-state index contributed by atoms with van der Waals surface area (Å²) in [6.45, 7) is 2.53. The molecule has 4 rings (SSSR count). The number of aliphatic hydroxyl groups is 1. The molecule has 2 aromatic carbocycles. The van der Waals surface area contributed by atoms with Crippen molar-refractivity contribution in [3.63, 3.8) is 0 Å². The molecule has 10 heteroatoms. The third-order valence-corrected chi connectivity index (χ3v) is 5.90. The quantitative estimate of drug-likeness (QED) is 0.480. The molecule has 1 N–H and O–H groups in total. The first kappa shape index (κ1) is 21.6. The predicted molar refractivity (Wildman–Crippen MR) is 113 cm³/mol. The highest BCUT2D eigenvalue weighted by Gasteiger charge is 2.33. The smallest absolute Gasteiger partial charge is 0.490 e. The number of hydrogen-bond donors (Lipinski definition) is 1. The third-order valence-electron chi connectivity index (χ3n) is 5.04. The largest absolute Gasteiger partial charge is 0.573 e. The second-order valence-electron chi connectivity index (χ2n) is 7.07. The first-order valence-electron chi connectivity index (χ1n) is 9.62. The molecule has 0 radical (unpaired) electrons. The number of fused-ring (bicyclic) bond motifs is 2. The minimum Gasteiger partial charge on any atom is -0.490 e. The van der Waals surface area contributed by atoms with Gasteiger partial charge in [0.25, 0.3) is 0 Å². The summed E-state index contributed by atoms with van der Waals surface area (Å²) < 4.78 is 49.7. The van der Waals surface area contributed by atoms with E-state index in [4.69, 9.17) is 9.84 Å². The van der Waals surface area contributed by atoms with Crippen LogP contribution in [0.25, 0.3) is 10.9 Å². The van der Waals surface area contributed by atoms with E-state index in [9.17, 15) is 13.2 Å². The monoisotopic (exact) mass is 497 g/mol. The van der Waals surface area contributed by atoms with Gasteiger partial charge in [0, 0.05) is 41.2 Å². The lowest BCUT2D eigenvalue weighted by Gasteiger charge is -2.23. The van der Waals surface area contributed by atoms with Crippen molar-refractivity contribution >= 4 is 38.3 Å². The second kappa shape index (κ2) is 8.51. The Morgan fingerprint density at radius 1 is 1.19 bits per heavy atom. The lowest BCUT2D eigenvalue weighted by Crippen LogP contribution is -2.19. The van der Waals surface area contributed by atoms with Crippen LogP contribution in [0.15, 0.2) is 35.1 Å². The van der Waals surface area contributed by atoms with E-state index in [-0.39, 0.29) is 25.4 Å². The molecule has 164 valence electrons. The SMILES string of the molecule is Cc1c(Br)ccc2c1N(c1ncnc3cc(OCCCO)c(OC(F)(F)F)cc13)CC2. The number of anilines is 2. The van der Waals surface area contributed by atoms with Crippen LogP contribution in [0.1, 0.15) is 17.5 Å². The molecule has 0 aliphatic carbocycles. The van der Waals surface area contributed by atoms with E-state index >= 15 is 0 Å². The van der Waals surface area contributed by atoms with E-state index in [1.54, 1.807) is 0 Å². The van der Waals surface area contributed by atoms with E-state index in [2.05, 4.69) is 30.6 Å². The number of halogens is 4. The average molecular weight is 498 g/mol. The van der Waals surface area contributed by atoms with Gasteiger partial charge in [-0.3, -0.25) is 0 Å². The fourth-order valence-corrected chi connectivity index (χ4v) is 4.01. The van der Waals surface area contributed by atoms with Crippen LogP contribution in [-0.4, -0.2) is 41.2 Å². The molecule has 0 bridgehead atoms. The van der Waals surface area contributed by atoms with Gasteiger partial charge < -0.3 is 19.5 Å². The molecule has 3 aromatic rings. The van der Waals surface area contributed by atoms with Crippen LogP contribution in [0.5, 0.6) is 11.5 Å². The van der Waals surface area contributed by atoms with Crippen molar-refractivity contribution in [2.45, 2.75) is 26.1 Å². The fourth-order valence-electron chi connectivity index (χ4n) is 3.69. The molecule has 2 heterocycles. The fraction of sp³-hybridized carbons (Fsp3) is 0.333. The molecule has 31 heavy (non-hydrogen) atoms. The normalized spacial score (nSPS) is 13.5. The van der Waals surface area contributed by atoms with E-state index < -0.39 is 12.1 Å². The maximum atomic E-state index is 13.0. The van der Waals surface area contributed by atoms with Gasteiger partial charge in [-0.05, 0) is 36.6 Å². The number of ether oxygens (including phenoxy) is 2. The highest BCUT2D eigenvalue weighted by molar-refractivity contribution is 9.10. The number of nitrogens with zero attached hydrogens (tertiary/aromatic N) is 3. The molecular weight excluding hydrogens is 479 g/mol. The Morgan fingerprint density at radius 3 is 2.74 bits per heavy atom. The highest BCUT2D eigenvalue weighted by Crippen LogP contribution is 2.43. The third kappa shape index (κ3) is 4.40. The van der Waals surface area contributed by atoms with Gasteiger partial charge in [0.15, 0.2) is 11.5 Å². The lowest BCUT2D eigenvalue weighted by molar-refractivity contribution is -0.275. The first-order chi connectivity index (χ1) is 14.8. The van der Waals surface area contributed by atoms with Gasteiger partial charge in [0.2, 0.25) is 0 Å². The molecule has 0 amide bonds. The lowest BCUT2D eigenvalue weighted by atomic mass is 10.1. The summed E-state index contributed by atoms with van der Waals surface area (Å²) in [5.74, 6) is -0.0677. The Balaban J connectivity index is 1.84. The molecule has 0 atom stereocenters. The van der Waals surface area contributed by atoms with Gasteiger partial charge in [0.05, 0.1) is 12.1 Å². The van der Waals surface area contributed by atoms with Crippen LogP contribution in [-0.2, 0) is 6.42 Å². The second-order valence-corrected chi connectivity index (χ2v) is 7.92. The van der Waals surface area contributed by atoms with Crippen LogP contribution in [0.2, 0.25) is 0 Å². The summed E-state index contributed by atoms with van der Waals surface area (Å²) in [4.78, 5) is 10.6. The predicted octanol–water partition coefficient (Wildman–Crippen LogP) is 5.05. The maximum Gasteiger partial charge on any atom is 0.573 e. The summed E-state index contributed by atoms with van der Waals surface area (Å²) >= 11 is 3.54. The standard InChI is InChI=1S/C21H19BrF3N3O3/c1-12-15(22)4-3-13-5-6-28(19(12)13)20-14-9-18(31-21(23,24)25)17(30-8-2-7-29)10-16(14)26-11-27-20/h3-4,9-11,29H,2,5-8H2,1H3. The van der Waals surface area contributed by atoms with Crippen molar-refractivity contribution < 1.29 is 27.8 Å². The van der Waals surface area contributed by atoms with Crippen LogP contribution >= 0.6 is 15.9 Å². The van der Waals surface area contributed by atoms with Gasteiger partial charge in [-0.1, -0.05) is 22.0 Å². The van der Waals surface area contributed by atoms with Crippen molar-refractivity contribution in [3.8, 4) is 11.5 Å². The molecule has 1 aliphatic rings. The Hall–Kier alpha value is -2.59. The number of rotatable bonds is 6. The number of aromatic nitrogens is 2. The molecule has 1 aromatic heterocycles. The van der Waals surface area contributed by atoms with Gasteiger partial charge >= 0.3 is 6.36 Å². The maximum absolute atomic E-state index is 13.0. The summed E-state index contributed by atoms with van der Waals surface area (Å²) in [6.07, 6.45) is -2.44. The minimum absolute atomic E-state index is 0.0425. The summed E-state index contributed by atoms with van der Waals surface area (Å²) in [5.41, 5.74) is 3.58. The Labute approximate surface area is 184 Å². The molecule has 0 saturated carbocycles. The Morgan fingerprint density at radius 2 is 2.00 bits per heavy atom. The number of alkyl halides is 3. The number of hydrogen-bond acceptors (Lipinski definition) is 6. The van der Waals surface area contributed by atoms with Gasteiger partial charge in [-0.25, -0.2) is 9.97 Å². The topological polar surface area (TPSA) is 67.7 Å². The zero-order valence-electron chi connectivity index (χ0n) is 16.5. The van der Waals surface area contributed by atoms with E-state index in [1.807, 2.05) is 24.0 Å². The molecule has 0 unspecified atom stereocenters. The summed E-state index contributed by atoms with van der Waals surface area (Å²) in [6, 6.07) is 6.68. The number of benzene rings is 2. The van der Waals surface area contributed by atoms with Gasteiger partial charge in [-0.2, -0.15) is 0 Å². The van der Waals surface area contributed by atoms with E-state index in [0.717, 1.165) is 27.7 Å². The van der Waals surface area contributed by atoms with Crippen LogP contribution < -0.4 is 14.4 Å². The van der Waals surface area contributed by atoms with Crippen LogP contribution in [0, 0.1) is 6.92 Å². The summed E-state index contributed by atoms with van der Waals surface area (Å²) in [7, 11) is 0. The zero-order chi connectivity index (χ0) is 22.2. The highest BCUT2D eigenvalue weighted by atomic mass is 79.9. The van der Waals surface area contributed by atoms with Gasteiger partial charge in [-0.15, -0.1) is 13.2 Å². The summed E-state index contributed by atoms with van der Waals surface area (Å²) in [5, 5.41) is 9.35. The first-order valence-corrected chi connectivity index (χ1v) is 10.4. The molecular formula is C21H19BrF3N3O3. The van der Waals surface area contributed by atoms with Crippen molar-refractivity contribution in [1.29, 1.82) is 0 Å².